The van der Waals surface area contributed by atoms with Crippen molar-refractivity contribution in [3.8, 4) is 0 Å². The van der Waals surface area contributed by atoms with Crippen molar-refractivity contribution in [3.05, 3.63) is 0 Å². The van der Waals surface area contributed by atoms with E-state index in [1.165, 1.54) is 25.7 Å². The van der Waals surface area contributed by atoms with Crippen LogP contribution in [0.15, 0.2) is 0 Å². The summed E-state index contributed by atoms with van der Waals surface area (Å²) in [5, 5.41) is 8.80. The van der Waals surface area contributed by atoms with Crippen molar-refractivity contribution in [1.29, 1.82) is 0 Å². The van der Waals surface area contributed by atoms with Crippen molar-refractivity contribution in [2.45, 2.75) is 51.1 Å². The van der Waals surface area contributed by atoms with Crippen molar-refractivity contribution in [2.24, 2.45) is 0 Å². The minimum absolute atomic E-state index is 0.179. The predicted octanol–water partition coefficient (Wildman–Crippen LogP) is 1.41. The minimum Gasteiger partial charge on any atom is -0.481 e. The van der Waals surface area contributed by atoms with E-state index in [1.807, 2.05) is 6.92 Å². The first-order valence-electron chi connectivity index (χ1n) is 6.86. The number of hydrogen-bond donors (Lipinski definition) is 1. The molecule has 2 aliphatic rings. The number of carboxylic acid groups (broad SMARTS) is 1. The SMILES string of the molecule is CC(CC(=O)O)N1CCN(C2CCCC2)CC1. The molecule has 0 aromatic heterocycles. The van der Waals surface area contributed by atoms with Crippen LogP contribution in [0.4, 0.5) is 0 Å². The van der Waals surface area contributed by atoms with E-state index in [9.17, 15) is 4.79 Å². The highest BCUT2D eigenvalue weighted by Gasteiger charge is 2.28. The van der Waals surface area contributed by atoms with Crippen LogP contribution in [0.3, 0.4) is 0 Å². The maximum Gasteiger partial charge on any atom is 0.304 e. The summed E-state index contributed by atoms with van der Waals surface area (Å²) in [4.78, 5) is 15.6. The lowest BCUT2D eigenvalue weighted by molar-refractivity contribution is -0.138. The maximum atomic E-state index is 10.7. The fourth-order valence-corrected chi connectivity index (χ4v) is 3.19. The highest BCUT2D eigenvalue weighted by atomic mass is 16.4. The zero-order valence-electron chi connectivity index (χ0n) is 10.8. The zero-order chi connectivity index (χ0) is 12.3. The fourth-order valence-electron chi connectivity index (χ4n) is 3.19. The molecule has 0 aromatic carbocycles. The van der Waals surface area contributed by atoms with Crippen LogP contribution in [0.25, 0.3) is 0 Å². The van der Waals surface area contributed by atoms with Crippen molar-refractivity contribution in [3.63, 3.8) is 0 Å². The molecule has 0 bridgehead atoms. The van der Waals surface area contributed by atoms with Crippen LogP contribution in [0, 0.1) is 0 Å². The number of carboxylic acids is 1. The monoisotopic (exact) mass is 240 g/mol. The molecule has 1 aliphatic carbocycles. The van der Waals surface area contributed by atoms with Gasteiger partial charge in [-0.2, -0.15) is 0 Å². The van der Waals surface area contributed by atoms with Crippen LogP contribution < -0.4 is 0 Å². The number of rotatable bonds is 4. The quantitative estimate of drug-likeness (QED) is 0.807. The van der Waals surface area contributed by atoms with Gasteiger partial charge >= 0.3 is 5.97 Å². The molecule has 98 valence electrons. The topological polar surface area (TPSA) is 43.8 Å². The zero-order valence-corrected chi connectivity index (χ0v) is 10.8. The van der Waals surface area contributed by atoms with E-state index in [2.05, 4.69) is 9.80 Å². The lowest BCUT2D eigenvalue weighted by Gasteiger charge is -2.40. The van der Waals surface area contributed by atoms with Gasteiger partial charge in [0, 0.05) is 38.3 Å². The standard InChI is InChI=1S/C13H24N2O2/c1-11(10-13(16)17)14-6-8-15(9-7-14)12-4-2-3-5-12/h11-12H,2-10H2,1H3,(H,16,17). The molecule has 4 nitrogen and oxygen atoms in total. The normalized spacial score (nSPS) is 26.2. The second-order valence-corrected chi connectivity index (χ2v) is 5.46. The van der Waals surface area contributed by atoms with Gasteiger partial charge in [0.15, 0.2) is 0 Å². The molecule has 0 aromatic rings. The van der Waals surface area contributed by atoms with Gasteiger partial charge in [0.2, 0.25) is 0 Å². The summed E-state index contributed by atoms with van der Waals surface area (Å²) in [6.07, 6.45) is 5.78. The smallest absolute Gasteiger partial charge is 0.304 e. The molecule has 0 amide bonds. The van der Waals surface area contributed by atoms with Crippen LogP contribution >= 0.6 is 0 Å². The highest BCUT2D eigenvalue weighted by Crippen LogP contribution is 2.24. The van der Waals surface area contributed by atoms with Gasteiger partial charge in [0.05, 0.1) is 6.42 Å². The van der Waals surface area contributed by atoms with Crippen LogP contribution in [0.1, 0.15) is 39.0 Å². The molecular weight excluding hydrogens is 216 g/mol. The number of piperazine rings is 1. The molecule has 17 heavy (non-hydrogen) atoms. The Bertz CT molecular complexity index is 256. The molecule has 1 unspecified atom stereocenters. The molecule has 1 heterocycles. The molecule has 1 atom stereocenters. The summed E-state index contributed by atoms with van der Waals surface area (Å²) in [5.41, 5.74) is 0. The first-order valence-corrected chi connectivity index (χ1v) is 6.86. The van der Waals surface area contributed by atoms with Gasteiger partial charge in [0.25, 0.3) is 0 Å². The summed E-state index contributed by atoms with van der Waals surface area (Å²) >= 11 is 0. The molecule has 0 radical (unpaired) electrons. The number of aliphatic carboxylic acids is 1. The Labute approximate surface area is 104 Å². The second-order valence-electron chi connectivity index (χ2n) is 5.46. The number of carbonyl (C=O) groups is 1. The Kier molecular flexibility index (Phi) is 4.40. The number of nitrogens with zero attached hydrogens (tertiary/aromatic N) is 2. The van der Waals surface area contributed by atoms with E-state index >= 15 is 0 Å². The Morgan fingerprint density at radius 1 is 1.24 bits per heavy atom. The van der Waals surface area contributed by atoms with Gasteiger partial charge < -0.3 is 5.11 Å². The molecule has 1 aliphatic heterocycles. The molecule has 4 heteroatoms. The van der Waals surface area contributed by atoms with E-state index in [0.717, 1.165) is 32.2 Å². The average Bonchev–Trinajstić information content (AvgIpc) is 2.82. The summed E-state index contributed by atoms with van der Waals surface area (Å²) in [6, 6.07) is 0.991. The van der Waals surface area contributed by atoms with Crippen LogP contribution in [0.2, 0.25) is 0 Å². The Hall–Kier alpha value is -0.610. The summed E-state index contributed by atoms with van der Waals surface area (Å²) in [6.45, 7) is 6.33. The first-order chi connectivity index (χ1) is 8.16. The van der Waals surface area contributed by atoms with Crippen LogP contribution in [0.5, 0.6) is 0 Å². The highest BCUT2D eigenvalue weighted by molar-refractivity contribution is 5.67. The van der Waals surface area contributed by atoms with Gasteiger partial charge in [-0.15, -0.1) is 0 Å². The van der Waals surface area contributed by atoms with Gasteiger partial charge in [-0.05, 0) is 19.8 Å². The van der Waals surface area contributed by atoms with Crippen LogP contribution in [-0.4, -0.2) is 59.1 Å². The second kappa shape index (κ2) is 5.83. The van der Waals surface area contributed by atoms with Crippen molar-refractivity contribution < 1.29 is 9.90 Å². The summed E-state index contributed by atoms with van der Waals surface area (Å²) < 4.78 is 0. The summed E-state index contributed by atoms with van der Waals surface area (Å²) in [5.74, 6) is -0.685. The van der Waals surface area contributed by atoms with Gasteiger partial charge in [-0.3, -0.25) is 14.6 Å². The van der Waals surface area contributed by atoms with Crippen LogP contribution in [-0.2, 0) is 4.79 Å². The van der Waals surface area contributed by atoms with Crippen molar-refractivity contribution >= 4 is 5.97 Å². The van der Waals surface area contributed by atoms with E-state index in [4.69, 9.17) is 5.11 Å². The van der Waals surface area contributed by atoms with Gasteiger partial charge in [-0.1, -0.05) is 12.8 Å². The molecule has 2 fully saturated rings. The lowest BCUT2D eigenvalue weighted by atomic mass is 10.1. The average molecular weight is 240 g/mol. The minimum atomic E-state index is -0.685. The first kappa shape index (κ1) is 12.8. The van der Waals surface area contributed by atoms with Crippen molar-refractivity contribution in [2.75, 3.05) is 26.2 Å². The third-order valence-corrected chi connectivity index (χ3v) is 4.28. The maximum absolute atomic E-state index is 10.7. The van der Waals surface area contributed by atoms with Crippen molar-refractivity contribution in [1.82, 2.24) is 9.80 Å². The largest absolute Gasteiger partial charge is 0.481 e. The molecular formula is C13H24N2O2. The van der Waals surface area contributed by atoms with E-state index in [-0.39, 0.29) is 12.5 Å². The molecule has 1 N–H and O–H groups in total. The van der Waals surface area contributed by atoms with Gasteiger partial charge in [0.1, 0.15) is 0 Å². The third-order valence-electron chi connectivity index (χ3n) is 4.28. The molecule has 1 saturated heterocycles. The third kappa shape index (κ3) is 3.42. The van der Waals surface area contributed by atoms with Gasteiger partial charge in [-0.25, -0.2) is 0 Å². The molecule has 0 spiro atoms. The Morgan fingerprint density at radius 3 is 2.35 bits per heavy atom. The molecule has 1 saturated carbocycles. The predicted molar refractivity (Wildman–Crippen MR) is 67.1 cm³/mol. The van der Waals surface area contributed by atoms with E-state index in [1.54, 1.807) is 0 Å². The fraction of sp³-hybridized carbons (Fsp3) is 0.923. The van der Waals surface area contributed by atoms with E-state index < -0.39 is 5.97 Å². The summed E-state index contributed by atoms with van der Waals surface area (Å²) in [7, 11) is 0. The molecule has 2 rings (SSSR count). The Morgan fingerprint density at radius 2 is 1.82 bits per heavy atom. The Balaban J connectivity index is 1.75. The van der Waals surface area contributed by atoms with E-state index in [0.29, 0.717) is 0 Å². The lowest BCUT2D eigenvalue weighted by Crippen LogP contribution is -2.52. The number of hydrogen-bond acceptors (Lipinski definition) is 3.